The minimum absolute atomic E-state index is 0.0803. The van der Waals surface area contributed by atoms with Crippen LogP contribution in [0.15, 0.2) is 88.6 Å². The zero-order chi connectivity index (χ0) is 24.5. The van der Waals surface area contributed by atoms with Gasteiger partial charge in [0, 0.05) is 6.54 Å². The van der Waals surface area contributed by atoms with Crippen molar-refractivity contribution in [1.82, 2.24) is 4.90 Å². The maximum atomic E-state index is 13.6. The highest BCUT2D eigenvalue weighted by Crippen LogP contribution is 2.41. The molecule has 5 rings (SSSR count). The van der Waals surface area contributed by atoms with E-state index in [4.69, 9.17) is 13.9 Å². The van der Waals surface area contributed by atoms with Crippen LogP contribution in [0, 0.1) is 6.92 Å². The van der Waals surface area contributed by atoms with Gasteiger partial charge in [0.05, 0.1) is 24.1 Å². The third kappa shape index (κ3) is 3.97. The van der Waals surface area contributed by atoms with Gasteiger partial charge in [-0.3, -0.25) is 9.59 Å². The zero-order valence-corrected chi connectivity index (χ0v) is 19.6. The van der Waals surface area contributed by atoms with Gasteiger partial charge in [0.2, 0.25) is 5.76 Å². The number of benzene rings is 3. The topological polar surface area (TPSA) is 69.0 Å². The van der Waals surface area contributed by atoms with Gasteiger partial charge in [-0.15, -0.1) is 0 Å². The molecule has 0 fully saturated rings. The van der Waals surface area contributed by atoms with E-state index in [0.717, 1.165) is 16.7 Å². The fourth-order valence-corrected chi connectivity index (χ4v) is 4.49. The van der Waals surface area contributed by atoms with Crippen molar-refractivity contribution in [2.24, 2.45) is 0 Å². The molecule has 6 nitrogen and oxygen atoms in total. The highest BCUT2D eigenvalue weighted by Gasteiger charge is 2.43. The van der Waals surface area contributed by atoms with Gasteiger partial charge in [-0.1, -0.05) is 60.7 Å². The number of ether oxygens (including phenoxy) is 2. The van der Waals surface area contributed by atoms with Crippen LogP contribution in [0.3, 0.4) is 0 Å². The van der Waals surface area contributed by atoms with Gasteiger partial charge in [0.25, 0.3) is 5.91 Å². The summed E-state index contributed by atoms with van der Waals surface area (Å²) in [5.74, 6) is 0.818. The summed E-state index contributed by atoms with van der Waals surface area (Å²) in [7, 11) is 1.56. The van der Waals surface area contributed by atoms with Crippen LogP contribution in [-0.4, -0.2) is 24.5 Å². The molecule has 1 aliphatic heterocycles. The number of para-hydroxylation sites is 1. The lowest BCUT2D eigenvalue weighted by Gasteiger charge is -2.26. The predicted octanol–water partition coefficient (Wildman–Crippen LogP) is 5.42. The van der Waals surface area contributed by atoms with Crippen molar-refractivity contribution in [3.05, 3.63) is 118 Å². The molecule has 0 spiro atoms. The Morgan fingerprint density at radius 3 is 2.54 bits per heavy atom. The van der Waals surface area contributed by atoms with E-state index < -0.39 is 6.04 Å². The van der Waals surface area contributed by atoms with Crippen LogP contribution in [0.25, 0.3) is 11.0 Å². The molecule has 0 N–H and O–H groups in total. The first kappa shape index (κ1) is 22.5. The van der Waals surface area contributed by atoms with Crippen LogP contribution in [0.4, 0.5) is 0 Å². The largest absolute Gasteiger partial charge is 0.493 e. The van der Waals surface area contributed by atoms with E-state index in [9.17, 15) is 9.59 Å². The second-order valence-corrected chi connectivity index (χ2v) is 8.50. The fraction of sp³-hybridized carbons (Fsp3) is 0.172. The summed E-state index contributed by atoms with van der Waals surface area (Å²) in [5, 5.41) is 0.444. The molecular formula is C29H25NO5. The molecule has 1 amide bonds. The third-order valence-electron chi connectivity index (χ3n) is 6.21. The second kappa shape index (κ2) is 9.14. The maximum Gasteiger partial charge on any atom is 0.291 e. The van der Waals surface area contributed by atoms with Gasteiger partial charge in [-0.05, 0) is 42.3 Å². The van der Waals surface area contributed by atoms with Gasteiger partial charge < -0.3 is 18.8 Å². The Morgan fingerprint density at radius 1 is 1.03 bits per heavy atom. The number of nitrogens with zero attached hydrogens (tertiary/aromatic N) is 1. The normalized spacial score (nSPS) is 14.7. The quantitative estimate of drug-likeness (QED) is 0.340. The molecule has 0 aliphatic carbocycles. The van der Waals surface area contributed by atoms with Gasteiger partial charge in [-0.25, -0.2) is 0 Å². The molecule has 0 radical (unpaired) electrons. The number of aryl methyl sites for hydroxylation is 1. The van der Waals surface area contributed by atoms with Crippen LogP contribution < -0.4 is 14.9 Å². The van der Waals surface area contributed by atoms with Gasteiger partial charge >= 0.3 is 0 Å². The summed E-state index contributed by atoms with van der Waals surface area (Å²) in [4.78, 5) is 29.0. The van der Waals surface area contributed by atoms with Crippen LogP contribution in [0.5, 0.6) is 11.5 Å². The lowest BCUT2D eigenvalue weighted by molar-refractivity contribution is 0.0714. The highest BCUT2D eigenvalue weighted by molar-refractivity contribution is 5.99. The van der Waals surface area contributed by atoms with Crippen molar-refractivity contribution in [2.75, 3.05) is 13.7 Å². The summed E-state index contributed by atoms with van der Waals surface area (Å²) in [5.41, 5.74) is 3.34. The van der Waals surface area contributed by atoms with E-state index in [2.05, 4.69) is 6.58 Å². The molecule has 4 aromatic rings. The first-order valence-electron chi connectivity index (χ1n) is 11.4. The fourth-order valence-electron chi connectivity index (χ4n) is 4.49. The second-order valence-electron chi connectivity index (χ2n) is 8.50. The minimum atomic E-state index is -0.637. The van der Waals surface area contributed by atoms with Gasteiger partial charge in [-0.2, -0.15) is 0 Å². The Labute approximate surface area is 203 Å². The van der Waals surface area contributed by atoms with E-state index in [-0.39, 0.29) is 17.1 Å². The van der Waals surface area contributed by atoms with Gasteiger partial charge in [0.15, 0.2) is 16.9 Å². The maximum absolute atomic E-state index is 13.6. The molecule has 1 aliphatic rings. The van der Waals surface area contributed by atoms with E-state index in [0.29, 0.717) is 41.2 Å². The van der Waals surface area contributed by atoms with Crippen molar-refractivity contribution < 1.29 is 18.7 Å². The van der Waals surface area contributed by atoms with Crippen molar-refractivity contribution in [3.63, 3.8) is 0 Å². The van der Waals surface area contributed by atoms with Crippen LogP contribution in [0.2, 0.25) is 0 Å². The summed E-state index contributed by atoms with van der Waals surface area (Å²) >= 11 is 0. The summed E-state index contributed by atoms with van der Waals surface area (Å²) < 4.78 is 17.3. The molecule has 0 bridgehead atoms. The van der Waals surface area contributed by atoms with E-state index in [1.165, 1.54) is 0 Å². The number of hydrogen-bond acceptors (Lipinski definition) is 5. The molecule has 0 saturated carbocycles. The molecule has 1 unspecified atom stereocenters. The van der Waals surface area contributed by atoms with E-state index in [1.807, 2.05) is 43.3 Å². The SMILES string of the molecule is C=CCOc1ccc(C2c3c(oc4ccccc4c3=O)C(=O)N2Cc2ccc(C)cc2)cc1OC. The smallest absolute Gasteiger partial charge is 0.291 e. The Morgan fingerprint density at radius 2 is 1.80 bits per heavy atom. The number of carbonyl (C=O) groups excluding carboxylic acids is 1. The molecule has 6 heteroatoms. The number of amides is 1. The molecule has 176 valence electrons. The first-order chi connectivity index (χ1) is 17.0. The van der Waals surface area contributed by atoms with Gasteiger partial charge in [0.1, 0.15) is 12.2 Å². The van der Waals surface area contributed by atoms with Crippen LogP contribution in [-0.2, 0) is 6.54 Å². The zero-order valence-electron chi connectivity index (χ0n) is 19.6. The van der Waals surface area contributed by atoms with Crippen molar-refractivity contribution in [2.45, 2.75) is 19.5 Å². The molecule has 3 aromatic carbocycles. The van der Waals surface area contributed by atoms with Crippen molar-refractivity contribution in [3.8, 4) is 11.5 Å². The highest BCUT2D eigenvalue weighted by atomic mass is 16.5. The first-order valence-corrected chi connectivity index (χ1v) is 11.4. The van der Waals surface area contributed by atoms with Crippen molar-refractivity contribution >= 4 is 16.9 Å². The van der Waals surface area contributed by atoms with Crippen molar-refractivity contribution in [1.29, 1.82) is 0 Å². The lowest BCUT2D eigenvalue weighted by atomic mass is 9.97. The van der Waals surface area contributed by atoms with Crippen LogP contribution >= 0.6 is 0 Å². The third-order valence-corrected chi connectivity index (χ3v) is 6.21. The molecular weight excluding hydrogens is 442 g/mol. The molecule has 1 aromatic heterocycles. The number of fused-ring (bicyclic) bond motifs is 2. The van der Waals surface area contributed by atoms with Crippen LogP contribution in [0.1, 0.15) is 38.9 Å². The molecule has 1 atom stereocenters. The predicted molar refractivity (Wildman–Crippen MR) is 134 cm³/mol. The van der Waals surface area contributed by atoms with E-state index in [1.54, 1.807) is 48.4 Å². The lowest BCUT2D eigenvalue weighted by Crippen LogP contribution is -2.29. The summed E-state index contributed by atoms with van der Waals surface area (Å²) in [6.07, 6.45) is 1.65. The number of rotatable bonds is 7. The molecule has 2 heterocycles. The van der Waals surface area contributed by atoms with E-state index >= 15 is 0 Å². The number of hydrogen-bond donors (Lipinski definition) is 0. The Hall–Kier alpha value is -4.32. The minimum Gasteiger partial charge on any atom is -0.493 e. The molecule has 0 saturated heterocycles. The number of carbonyl (C=O) groups is 1. The standard InChI is InChI=1S/C29H25NO5/c1-4-15-34-23-14-13-20(16-24(23)33-3)26-25-27(31)21-7-5-6-8-22(21)35-28(25)29(32)30(26)17-19-11-9-18(2)10-12-19/h4-14,16,26H,1,15,17H2,2-3H3. The Kier molecular flexibility index (Phi) is 5.87. The Bertz CT molecular complexity index is 1490. The number of methoxy groups -OCH3 is 1. The Balaban J connectivity index is 1.68. The average molecular weight is 468 g/mol. The summed E-state index contributed by atoms with van der Waals surface area (Å²) in [6, 6.07) is 19.8. The summed E-state index contributed by atoms with van der Waals surface area (Å²) in [6.45, 7) is 6.34. The molecule has 35 heavy (non-hydrogen) atoms. The monoisotopic (exact) mass is 467 g/mol. The average Bonchev–Trinajstić information content (AvgIpc) is 3.15.